The molecule has 2 saturated carbocycles. The minimum absolute atomic E-state index is 0.0960. The van der Waals surface area contributed by atoms with Crippen LogP contribution >= 0.6 is 0 Å². The number of anilines is 1. The van der Waals surface area contributed by atoms with E-state index in [4.69, 9.17) is 0 Å². The third-order valence-electron chi connectivity index (χ3n) is 6.09. The fourth-order valence-corrected chi connectivity index (χ4v) is 4.21. The molecule has 0 radical (unpaired) electrons. The fourth-order valence-electron chi connectivity index (χ4n) is 4.21. The van der Waals surface area contributed by atoms with Crippen LogP contribution in [-0.4, -0.2) is 5.91 Å². The maximum atomic E-state index is 12.9. The number of rotatable bonds is 2. The number of amides is 1. The number of aryl methyl sites for hydroxylation is 2. The molecule has 2 aliphatic carbocycles. The third kappa shape index (κ3) is 1.96. The number of benzene rings is 1. The lowest BCUT2D eigenvalue weighted by Gasteiger charge is -2.37. The van der Waals surface area contributed by atoms with Crippen LogP contribution in [0.1, 0.15) is 44.2 Å². The van der Waals surface area contributed by atoms with E-state index in [-0.39, 0.29) is 16.7 Å². The molecule has 2 fully saturated rings. The molecule has 2 heteroatoms. The van der Waals surface area contributed by atoms with Crippen LogP contribution in [0.5, 0.6) is 0 Å². The fraction of sp³-hybridized carbons (Fsp3) is 0.526. The predicted molar refractivity (Wildman–Crippen MR) is 87.2 cm³/mol. The summed E-state index contributed by atoms with van der Waals surface area (Å²) in [5, 5.41) is 3.14. The molecule has 0 saturated heterocycles. The minimum Gasteiger partial charge on any atom is -0.325 e. The van der Waals surface area contributed by atoms with Crippen molar-refractivity contribution >= 4 is 11.6 Å². The largest absolute Gasteiger partial charge is 0.325 e. The van der Waals surface area contributed by atoms with Gasteiger partial charge in [0.05, 0.1) is 5.41 Å². The zero-order valence-corrected chi connectivity index (χ0v) is 13.5. The second-order valence-corrected chi connectivity index (χ2v) is 7.48. The second kappa shape index (κ2) is 4.46. The van der Waals surface area contributed by atoms with Crippen molar-refractivity contribution in [1.29, 1.82) is 0 Å². The van der Waals surface area contributed by atoms with Crippen molar-refractivity contribution in [2.75, 3.05) is 5.32 Å². The lowest BCUT2D eigenvalue weighted by molar-refractivity contribution is -0.123. The topological polar surface area (TPSA) is 29.1 Å². The minimum atomic E-state index is -0.340. The molecular formula is C19H25NO. The van der Waals surface area contributed by atoms with E-state index in [2.05, 4.69) is 51.7 Å². The van der Waals surface area contributed by atoms with Crippen LogP contribution < -0.4 is 5.32 Å². The van der Waals surface area contributed by atoms with Gasteiger partial charge in [-0.25, -0.2) is 0 Å². The highest BCUT2D eigenvalue weighted by Gasteiger charge is 2.60. The Morgan fingerprint density at radius 3 is 2.57 bits per heavy atom. The maximum absolute atomic E-state index is 12.9. The number of hydrogen-bond acceptors (Lipinski definition) is 1. The van der Waals surface area contributed by atoms with E-state index in [1.54, 1.807) is 0 Å². The summed E-state index contributed by atoms with van der Waals surface area (Å²) >= 11 is 0. The predicted octanol–water partition coefficient (Wildman–Crippen LogP) is 4.62. The van der Waals surface area contributed by atoms with Gasteiger partial charge < -0.3 is 5.32 Å². The summed E-state index contributed by atoms with van der Waals surface area (Å²) in [6, 6.07) is 6.11. The van der Waals surface area contributed by atoms with E-state index in [0.717, 1.165) is 30.5 Å². The summed E-state index contributed by atoms with van der Waals surface area (Å²) in [4.78, 5) is 12.9. The van der Waals surface area contributed by atoms with Crippen LogP contribution in [0.4, 0.5) is 5.69 Å². The smallest absolute Gasteiger partial charge is 0.234 e. The quantitative estimate of drug-likeness (QED) is 0.788. The monoisotopic (exact) mass is 283 g/mol. The highest BCUT2D eigenvalue weighted by molar-refractivity contribution is 5.98. The summed E-state index contributed by atoms with van der Waals surface area (Å²) < 4.78 is 0. The van der Waals surface area contributed by atoms with Gasteiger partial charge in [0, 0.05) is 5.69 Å². The maximum Gasteiger partial charge on any atom is 0.234 e. The Labute approximate surface area is 127 Å². The second-order valence-electron chi connectivity index (χ2n) is 7.48. The molecule has 0 heterocycles. The van der Waals surface area contributed by atoms with Crippen LogP contribution in [-0.2, 0) is 4.79 Å². The highest BCUT2D eigenvalue weighted by Crippen LogP contribution is 2.65. The number of carbonyl (C=O) groups excluding carboxylic acids is 1. The Balaban J connectivity index is 1.86. The van der Waals surface area contributed by atoms with Crippen molar-refractivity contribution in [3.8, 4) is 0 Å². The van der Waals surface area contributed by atoms with E-state index in [1.807, 2.05) is 6.07 Å². The zero-order chi connectivity index (χ0) is 15.4. The van der Waals surface area contributed by atoms with Gasteiger partial charge in [-0.3, -0.25) is 4.79 Å². The average Bonchev–Trinajstić information content (AvgIpc) is 2.95. The van der Waals surface area contributed by atoms with E-state index in [0.29, 0.717) is 5.92 Å². The van der Waals surface area contributed by atoms with Gasteiger partial charge in [0.1, 0.15) is 0 Å². The number of carbonyl (C=O) groups is 1. The molecule has 0 aromatic heterocycles. The first-order chi connectivity index (χ1) is 9.77. The van der Waals surface area contributed by atoms with Crippen LogP contribution in [0.25, 0.3) is 0 Å². The first kappa shape index (κ1) is 14.4. The van der Waals surface area contributed by atoms with Crippen LogP contribution in [0, 0.1) is 30.6 Å². The van der Waals surface area contributed by atoms with Crippen molar-refractivity contribution in [2.24, 2.45) is 16.7 Å². The van der Waals surface area contributed by atoms with Crippen molar-refractivity contribution in [2.45, 2.75) is 47.0 Å². The molecule has 21 heavy (non-hydrogen) atoms. The number of fused-ring (bicyclic) bond motifs is 2. The van der Waals surface area contributed by atoms with Gasteiger partial charge in [0.25, 0.3) is 0 Å². The first-order valence-electron chi connectivity index (χ1n) is 7.86. The summed E-state index contributed by atoms with van der Waals surface area (Å²) in [6.45, 7) is 12.9. The zero-order valence-electron chi connectivity index (χ0n) is 13.5. The SMILES string of the molecule is C=C1C(C)(C)[C@@H]2CC[C@]1(C(=O)Nc1ccc(C)c(C)c1)C2. The molecular weight excluding hydrogens is 258 g/mol. The summed E-state index contributed by atoms with van der Waals surface area (Å²) in [7, 11) is 0. The van der Waals surface area contributed by atoms with Crippen molar-refractivity contribution < 1.29 is 4.79 Å². The van der Waals surface area contributed by atoms with Crippen LogP contribution in [0.3, 0.4) is 0 Å². The summed E-state index contributed by atoms with van der Waals surface area (Å²) in [5.41, 5.74) is 4.25. The van der Waals surface area contributed by atoms with E-state index in [1.165, 1.54) is 11.1 Å². The highest BCUT2D eigenvalue weighted by atomic mass is 16.2. The van der Waals surface area contributed by atoms with Crippen molar-refractivity contribution in [3.05, 3.63) is 41.5 Å². The molecule has 1 N–H and O–H groups in total. The molecule has 2 atom stereocenters. The molecule has 3 rings (SSSR count). The van der Waals surface area contributed by atoms with Gasteiger partial charge in [-0.2, -0.15) is 0 Å². The van der Waals surface area contributed by atoms with Gasteiger partial charge in [0.2, 0.25) is 5.91 Å². The van der Waals surface area contributed by atoms with E-state index in [9.17, 15) is 4.79 Å². The van der Waals surface area contributed by atoms with Crippen molar-refractivity contribution in [3.63, 3.8) is 0 Å². The molecule has 112 valence electrons. The molecule has 2 aliphatic rings. The van der Waals surface area contributed by atoms with Gasteiger partial charge in [-0.1, -0.05) is 32.1 Å². The summed E-state index contributed by atoms with van der Waals surface area (Å²) in [6.07, 6.45) is 3.07. The van der Waals surface area contributed by atoms with Gasteiger partial charge >= 0.3 is 0 Å². The molecule has 2 nitrogen and oxygen atoms in total. The summed E-state index contributed by atoms with van der Waals surface area (Å²) in [5.74, 6) is 0.749. The molecule has 1 aromatic rings. The molecule has 1 amide bonds. The Morgan fingerprint density at radius 2 is 2.00 bits per heavy atom. The molecule has 0 aliphatic heterocycles. The Kier molecular flexibility index (Phi) is 3.05. The lowest BCUT2D eigenvalue weighted by Crippen LogP contribution is -2.37. The van der Waals surface area contributed by atoms with Gasteiger partial charge in [-0.15, -0.1) is 0 Å². The van der Waals surface area contributed by atoms with E-state index < -0.39 is 0 Å². The number of hydrogen-bond donors (Lipinski definition) is 1. The van der Waals surface area contributed by atoms with E-state index >= 15 is 0 Å². The van der Waals surface area contributed by atoms with Crippen molar-refractivity contribution in [1.82, 2.24) is 0 Å². The van der Waals surface area contributed by atoms with Crippen LogP contribution in [0.15, 0.2) is 30.4 Å². The van der Waals surface area contributed by atoms with Gasteiger partial charge in [0.15, 0.2) is 0 Å². The molecule has 0 unspecified atom stereocenters. The van der Waals surface area contributed by atoms with Crippen LogP contribution in [0.2, 0.25) is 0 Å². The normalized spacial score (nSPS) is 29.7. The first-order valence-corrected chi connectivity index (χ1v) is 7.86. The Morgan fingerprint density at radius 1 is 1.29 bits per heavy atom. The lowest BCUT2D eigenvalue weighted by atomic mass is 9.68. The number of nitrogens with one attached hydrogen (secondary N) is 1. The Hall–Kier alpha value is -1.57. The third-order valence-corrected chi connectivity index (χ3v) is 6.09. The molecule has 1 aromatic carbocycles. The molecule has 2 bridgehead atoms. The molecule has 0 spiro atoms. The Bertz CT molecular complexity index is 628. The average molecular weight is 283 g/mol. The van der Waals surface area contributed by atoms with Gasteiger partial charge in [-0.05, 0) is 67.7 Å². The standard InChI is InChI=1S/C19H25NO/c1-12-6-7-16(10-13(12)2)20-17(21)19-9-8-15(11-19)18(4,5)14(19)3/h6-7,10,15H,3,8-9,11H2,1-2,4-5H3,(H,20,21)/t15-,19+/m1/s1.